The molecule has 2 aromatic carbocycles. The fourth-order valence-electron chi connectivity index (χ4n) is 1.90. The van der Waals surface area contributed by atoms with Crippen molar-refractivity contribution in [2.75, 3.05) is 0 Å². The predicted octanol–water partition coefficient (Wildman–Crippen LogP) is 4.09. The van der Waals surface area contributed by atoms with Crippen LogP contribution in [0.4, 0.5) is 4.39 Å². The zero-order chi connectivity index (χ0) is 13.1. The molecule has 0 aliphatic heterocycles. The van der Waals surface area contributed by atoms with Gasteiger partial charge in [-0.05, 0) is 35.2 Å². The van der Waals surface area contributed by atoms with Crippen LogP contribution in [0, 0.1) is 5.82 Å². The van der Waals surface area contributed by atoms with Gasteiger partial charge in [0.1, 0.15) is 5.82 Å². The molecule has 94 valence electrons. The Morgan fingerprint density at radius 3 is 2.56 bits per heavy atom. The first kappa shape index (κ1) is 13.1. The highest BCUT2D eigenvalue weighted by molar-refractivity contribution is 6.30. The van der Waals surface area contributed by atoms with Crippen LogP contribution in [0.5, 0.6) is 0 Å². The fourth-order valence-corrected chi connectivity index (χ4v) is 2.02. The summed E-state index contributed by atoms with van der Waals surface area (Å²) in [7, 11) is 0. The first-order chi connectivity index (χ1) is 8.61. The Hall–Kier alpha value is -1.38. The van der Waals surface area contributed by atoms with E-state index < -0.39 is 5.82 Å². The van der Waals surface area contributed by atoms with Crippen LogP contribution in [0.2, 0.25) is 5.02 Å². The summed E-state index contributed by atoms with van der Waals surface area (Å²) < 4.78 is 13.4. The van der Waals surface area contributed by atoms with E-state index in [9.17, 15) is 4.39 Å². The lowest BCUT2D eigenvalue weighted by Gasteiger charge is -2.14. The molecule has 0 spiro atoms. The quantitative estimate of drug-likeness (QED) is 0.887. The van der Waals surface area contributed by atoms with Gasteiger partial charge in [0.2, 0.25) is 0 Å². The molecule has 0 aliphatic rings. The van der Waals surface area contributed by atoms with Gasteiger partial charge in [-0.15, -0.1) is 0 Å². The lowest BCUT2D eigenvalue weighted by atomic mass is 9.97. The third-order valence-electron chi connectivity index (χ3n) is 3.02. The molecule has 1 nitrogen and oxygen atoms in total. The lowest BCUT2D eigenvalue weighted by Crippen LogP contribution is -2.12. The van der Waals surface area contributed by atoms with E-state index >= 15 is 0 Å². The van der Waals surface area contributed by atoms with Crippen LogP contribution in [-0.4, -0.2) is 0 Å². The van der Waals surface area contributed by atoms with Gasteiger partial charge in [-0.3, -0.25) is 0 Å². The van der Waals surface area contributed by atoms with Crippen molar-refractivity contribution in [2.45, 2.75) is 19.4 Å². The maximum Gasteiger partial charge on any atom is 0.142 e. The van der Waals surface area contributed by atoms with Crippen molar-refractivity contribution < 1.29 is 4.39 Å². The van der Waals surface area contributed by atoms with Crippen molar-refractivity contribution in [3.05, 3.63) is 70.0 Å². The summed E-state index contributed by atoms with van der Waals surface area (Å²) in [5, 5.41) is 0.119. The number of hydrogen-bond acceptors (Lipinski definition) is 1. The van der Waals surface area contributed by atoms with E-state index in [1.165, 1.54) is 17.7 Å². The normalized spacial score (nSPS) is 12.4. The molecule has 2 aromatic rings. The maximum atomic E-state index is 13.4. The Balaban J connectivity index is 2.34. The highest BCUT2D eigenvalue weighted by atomic mass is 35.5. The van der Waals surface area contributed by atoms with E-state index in [0.717, 1.165) is 17.5 Å². The second-order valence-corrected chi connectivity index (χ2v) is 4.66. The molecule has 0 radical (unpaired) electrons. The van der Waals surface area contributed by atoms with Crippen LogP contribution in [-0.2, 0) is 6.42 Å². The maximum absolute atomic E-state index is 13.4. The SMILES string of the molecule is CCc1cccc(C(N)c2ccc(Cl)c(F)c2)c1. The Kier molecular flexibility index (Phi) is 4.00. The molecule has 1 atom stereocenters. The van der Waals surface area contributed by atoms with Crippen molar-refractivity contribution in [2.24, 2.45) is 5.73 Å². The Bertz CT molecular complexity index is 554. The topological polar surface area (TPSA) is 26.0 Å². The minimum absolute atomic E-state index is 0.119. The molecule has 2 N–H and O–H groups in total. The summed E-state index contributed by atoms with van der Waals surface area (Å²) in [5.74, 6) is -0.434. The highest BCUT2D eigenvalue weighted by Crippen LogP contribution is 2.24. The molecular formula is C15H15ClFN. The summed E-state index contributed by atoms with van der Waals surface area (Å²) in [5.41, 5.74) is 9.08. The van der Waals surface area contributed by atoms with Crippen LogP contribution in [0.1, 0.15) is 29.7 Å². The monoisotopic (exact) mass is 263 g/mol. The fraction of sp³-hybridized carbons (Fsp3) is 0.200. The first-order valence-electron chi connectivity index (χ1n) is 5.91. The number of aryl methyl sites for hydroxylation is 1. The van der Waals surface area contributed by atoms with Gasteiger partial charge < -0.3 is 5.73 Å². The molecule has 18 heavy (non-hydrogen) atoms. The van der Waals surface area contributed by atoms with Crippen LogP contribution in [0.15, 0.2) is 42.5 Å². The standard InChI is InChI=1S/C15H15ClFN/c1-2-10-4-3-5-11(8-10)15(18)12-6-7-13(16)14(17)9-12/h3-9,15H,2,18H2,1H3. The van der Waals surface area contributed by atoms with E-state index in [1.807, 2.05) is 12.1 Å². The van der Waals surface area contributed by atoms with E-state index in [4.69, 9.17) is 17.3 Å². The Labute approximate surface area is 111 Å². The number of benzene rings is 2. The van der Waals surface area contributed by atoms with Crippen molar-refractivity contribution in [3.63, 3.8) is 0 Å². The van der Waals surface area contributed by atoms with Crippen LogP contribution in [0.3, 0.4) is 0 Å². The Morgan fingerprint density at radius 2 is 1.89 bits per heavy atom. The van der Waals surface area contributed by atoms with Crippen molar-refractivity contribution in [1.29, 1.82) is 0 Å². The van der Waals surface area contributed by atoms with E-state index in [0.29, 0.717) is 0 Å². The molecular weight excluding hydrogens is 249 g/mol. The average Bonchev–Trinajstić information content (AvgIpc) is 2.41. The van der Waals surface area contributed by atoms with Gasteiger partial charge in [0.15, 0.2) is 0 Å². The van der Waals surface area contributed by atoms with E-state index in [2.05, 4.69) is 19.1 Å². The molecule has 2 rings (SSSR count). The van der Waals surface area contributed by atoms with Crippen molar-refractivity contribution in [3.8, 4) is 0 Å². The van der Waals surface area contributed by atoms with Gasteiger partial charge in [-0.2, -0.15) is 0 Å². The number of hydrogen-bond donors (Lipinski definition) is 1. The Morgan fingerprint density at radius 1 is 1.17 bits per heavy atom. The molecule has 1 unspecified atom stereocenters. The van der Waals surface area contributed by atoms with E-state index in [1.54, 1.807) is 6.07 Å². The molecule has 0 amide bonds. The van der Waals surface area contributed by atoms with Crippen molar-refractivity contribution >= 4 is 11.6 Å². The molecule has 0 heterocycles. The van der Waals surface area contributed by atoms with Crippen LogP contribution in [0.25, 0.3) is 0 Å². The smallest absolute Gasteiger partial charge is 0.142 e. The molecule has 0 aromatic heterocycles. The zero-order valence-electron chi connectivity index (χ0n) is 10.2. The van der Waals surface area contributed by atoms with Gasteiger partial charge in [-0.1, -0.05) is 48.9 Å². The van der Waals surface area contributed by atoms with Crippen LogP contribution >= 0.6 is 11.6 Å². The summed E-state index contributed by atoms with van der Waals surface area (Å²) in [6.45, 7) is 2.09. The summed E-state index contributed by atoms with van der Waals surface area (Å²) in [6.07, 6.45) is 0.954. The lowest BCUT2D eigenvalue weighted by molar-refractivity contribution is 0.624. The highest BCUT2D eigenvalue weighted by Gasteiger charge is 2.11. The molecule has 3 heteroatoms. The summed E-state index contributed by atoms with van der Waals surface area (Å²) >= 11 is 5.66. The van der Waals surface area contributed by atoms with Crippen molar-refractivity contribution in [1.82, 2.24) is 0 Å². The largest absolute Gasteiger partial charge is 0.320 e. The van der Waals surface area contributed by atoms with Gasteiger partial charge in [0, 0.05) is 0 Å². The van der Waals surface area contributed by atoms with Gasteiger partial charge in [-0.25, -0.2) is 4.39 Å². The van der Waals surface area contributed by atoms with Gasteiger partial charge in [0.05, 0.1) is 11.1 Å². The number of halogens is 2. The number of nitrogens with two attached hydrogens (primary N) is 1. The van der Waals surface area contributed by atoms with E-state index in [-0.39, 0.29) is 11.1 Å². The third kappa shape index (κ3) is 2.71. The minimum atomic E-state index is -0.434. The first-order valence-corrected chi connectivity index (χ1v) is 6.29. The third-order valence-corrected chi connectivity index (χ3v) is 3.33. The predicted molar refractivity (Wildman–Crippen MR) is 73.3 cm³/mol. The molecule has 0 saturated carbocycles. The minimum Gasteiger partial charge on any atom is -0.320 e. The molecule has 0 bridgehead atoms. The molecule has 0 saturated heterocycles. The average molecular weight is 264 g/mol. The van der Waals surface area contributed by atoms with Crippen LogP contribution < -0.4 is 5.73 Å². The summed E-state index contributed by atoms with van der Waals surface area (Å²) in [4.78, 5) is 0. The molecule has 0 fully saturated rings. The number of rotatable bonds is 3. The van der Waals surface area contributed by atoms with Gasteiger partial charge in [0.25, 0.3) is 0 Å². The second kappa shape index (κ2) is 5.51. The molecule has 0 aliphatic carbocycles. The summed E-state index contributed by atoms with van der Waals surface area (Å²) in [6, 6.07) is 12.4. The second-order valence-electron chi connectivity index (χ2n) is 4.25. The van der Waals surface area contributed by atoms with Gasteiger partial charge >= 0.3 is 0 Å². The zero-order valence-corrected chi connectivity index (χ0v) is 10.9.